The fourth-order valence-electron chi connectivity index (χ4n) is 1.85. The van der Waals surface area contributed by atoms with E-state index < -0.39 is 0 Å². The van der Waals surface area contributed by atoms with Gasteiger partial charge in [0, 0.05) is 26.1 Å². The monoisotopic (exact) mass is 254 g/mol. The first-order valence-electron chi connectivity index (χ1n) is 6.68. The molecule has 0 radical (unpaired) electrons. The van der Waals surface area contributed by atoms with Crippen LogP contribution in [0.15, 0.2) is 6.33 Å². The van der Waals surface area contributed by atoms with Crippen molar-refractivity contribution < 1.29 is 4.74 Å². The van der Waals surface area contributed by atoms with Crippen LogP contribution in [0.2, 0.25) is 0 Å². The molecule has 104 valence electrons. The molecule has 2 atom stereocenters. The third-order valence-electron chi connectivity index (χ3n) is 3.02. The van der Waals surface area contributed by atoms with Gasteiger partial charge in [-0.1, -0.05) is 13.8 Å². The molecule has 0 aromatic carbocycles. The second-order valence-corrected chi connectivity index (χ2v) is 5.34. The summed E-state index contributed by atoms with van der Waals surface area (Å²) >= 11 is 0. The number of nitrogens with two attached hydrogens (primary N) is 1. The Morgan fingerprint density at radius 1 is 1.33 bits per heavy atom. The summed E-state index contributed by atoms with van der Waals surface area (Å²) in [5, 5.41) is 4.25. The lowest BCUT2D eigenvalue weighted by atomic mass is 10.1. The van der Waals surface area contributed by atoms with Crippen LogP contribution in [0.3, 0.4) is 0 Å². The Labute approximate surface area is 110 Å². The van der Waals surface area contributed by atoms with Gasteiger partial charge in [-0.2, -0.15) is 5.10 Å². The fourth-order valence-corrected chi connectivity index (χ4v) is 1.85. The Morgan fingerprint density at radius 3 is 2.67 bits per heavy atom. The topological polar surface area (TPSA) is 66.0 Å². The SMILES string of the molecule is COC(C)CCC(N)Cc1ncnn1CC(C)C. The summed E-state index contributed by atoms with van der Waals surface area (Å²) in [7, 11) is 1.73. The molecule has 0 saturated heterocycles. The first-order chi connectivity index (χ1) is 8.52. The van der Waals surface area contributed by atoms with Crippen LogP contribution in [0, 0.1) is 5.92 Å². The van der Waals surface area contributed by atoms with E-state index in [0.29, 0.717) is 5.92 Å². The maximum absolute atomic E-state index is 6.13. The van der Waals surface area contributed by atoms with E-state index in [2.05, 4.69) is 30.9 Å². The Balaban J connectivity index is 2.43. The second-order valence-electron chi connectivity index (χ2n) is 5.34. The highest BCUT2D eigenvalue weighted by molar-refractivity contribution is 4.89. The Bertz CT molecular complexity index is 337. The van der Waals surface area contributed by atoms with Gasteiger partial charge in [0.1, 0.15) is 12.2 Å². The van der Waals surface area contributed by atoms with Gasteiger partial charge in [0.2, 0.25) is 0 Å². The smallest absolute Gasteiger partial charge is 0.138 e. The predicted molar refractivity (Wildman–Crippen MR) is 72.2 cm³/mol. The number of nitrogens with zero attached hydrogens (tertiary/aromatic N) is 3. The summed E-state index contributed by atoms with van der Waals surface area (Å²) < 4.78 is 7.19. The summed E-state index contributed by atoms with van der Waals surface area (Å²) in [6.07, 6.45) is 4.59. The molecule has 0 bridgehead atoms. The van der Waals surface area contributed by atoms with Gasteiger partial charge in [0.25, 0.3) is 0 Å². The molecule has 0 amide bonds. The minimum atomic E-state index is 0.123. The van der Waals surface area contributed by atoms with E-state index in [-0.39, 0.29) is 12.1 Å². The zero-order valence-corrected chi connectivity index (χ0v) is 12.0. The van der Waals surface area contributed by atoms with Gasteiger partial charge in [-0.15, -0.1) is 0 Å². The molecule has 0 aliphatic heterocycles. The minimum absolute atomic E-state index is 0.123. The number of methoxy groups -OCH3 is 1. The van der Waals surface area contributed by atoms with Gasteiger partial charge in [0.15, 0.2) is 0 Å². The third kappa shape index (κ3) is 5.14. The van der Waals surface area contributed by atoms with Crippen molar-refractivity contribution in [3.63, 3.8) is 0 Å². The lowest BCUT2D eigenvalue weighted by molar-refractivity contribution is 0.107. The lowest BCUT2D eigenvalue weighted by Crippen LogP contribution is -2.26. The van der Waals surface area contributed by atoms with Crippen molar-refractivity contribution in [2.24, 2.45) is 11.7 Å². The zero-order valence-electron chi connectivity index (χ0n) is 12.0. The van der Waals surface area contributed by atoms with Crippen molar-refractivity contribution in [3.8, 4) is 0 Å². The molecule has 1 aromatic heterocycles. The van der Waals surface area contributed by atoms with E-state index in [1.807, 2.05) is 4.68 Å². The first-order valence-corrected chi connectivity index (χ1v) is 6.68. The molecule has 0 aliphatic rings. The Morgan fingerprint density at radius 2 is 2.06 bits per heavy atom. The summed E-state index contributed by atoms with van der Waals surface area (Å²) in [5.74, 6) is 1.55. The van der Waals surface area contributed by atoms with Crippen LogP contribution in [0.25, 0.3) is 0 Å². The maximum Gasteiger partial charge on any atom is 0.138 e. The minimum Gasteiger partial charge on any atom is -0.382 e. The third-order valence-corrected chi connectivity index (χ3v) is 3.02. The van der Waals surface area contributed by atoms with Gasteiger partial charge in [-0.3, -0.25) is 0 Å². The summed E-state index contributed by atoms with van der Waals surface area (Å²) in [5.41, 5.74) is 6.13. The first kappa shape index (κ1) is 15.1. The van der Waals surface area contributed by atoms with E-state index in [4.69, 9.17) is 10.5 Å². The highest BCUT2D eigenvalue weighted by Crippen LogP contribution is 2.08. The number of hydrogen-bond acceptors (Lipinski definition) is 4. The number of hydrogen-bond donors (Lipinski definition) is 1. The number of rotatable bonds is 8. The van der Waals surface area contributed by atoms with Gasteiger partial charge < -0.3 is 10.5 Å². The molecule has 0 spiro atoms. The molecule has 2 N–H and O–H groups in total. The zero-order chi connectivity index (χ0) is 13.5. The average molecular weight is 254 g/mol. The van der Waals surface area contributed by atoms with Crippen molar-refractivity contribution >= 4 is 0 Å². The van der Waals surface area contributed by atoms with Gasteiger partial charge in [0.05, 0.1) is 6.10 Å². The molecular weight excluding hydrogens is 228 g/mol. The highest BCUT2D eigenvalue weighted by Gasteiger charge is 2.12. The highest BCUT2D eigenvalue weighted by atomic mass is 16.5. The van der Waals surface area contributed by atoms with Gasteiger partial charge in [-0.05, 0) is 25.7 Å². The molecular formula is C13H26N4O. The maximum atomic E-state index is 6.13. The van der Waals surface area contributed by atoms with E-state index in [9.17, 15) is 0 Å². The van der Waals surface area contributed by atoms with Crippen molar-refractivity contribution in [3.05, 3.63) is 12.2 Å². The Kier molecular flexibility index (Phi) is 6.29. The van der Waals surface area contributed by atoms with Crippen LogP contribution in [0.4, 0.5) is 0 Å². The molecule has 5 heteroatoms. The van der Waals surface area contributed by atoms with Gasteiger partial charge >= 0.3 is 0 Å². The molecule has 1 aromatic rings. The standard InChI is InChI=1S/C13H26N4O/c1-10(2)8-17-13(15-9-16-17)7-12(14)6-5-11(3)18-4/h9-12H,5-8,14H2,1-4H3. The number of aromatic nitrogens is 3. The molecule has 0 aliphatic carbocycles. The van der Waals surface area contributed by atoms with E-state index in [1.165, 1.54) is 0 Å². The summed E-state index contributed by atoms with van der Waals surface area (Å²) in [6, 6.07) is 0.123. The van der Waals surface area contributed by atoms with Crippen LogP contribution < -0.4 is 5.73 Å². The van der Waals surface area contributed by atoms with E-state index >= 15 is 0 Å². The van der Waals surface area contributed by atoms with Crippen molar-refractivity contribution in [1.82, 2.24) is 14.8 Å². The van der Waals surface area contributed by atoms with Crippen molar-refractivity contribution in [2.45, 2.75) is 58.7 Å². The molecule has 0 fully saturated rings. The Hall–Kier alpha value is -0.940. The van der Waals surface area contributed by atoms with Crippen LogP contribution in [-0.2, 0) is 17.7 Å². The van der Waals surface area contributed by atoms with Crippen molar-refractivity contribution in [2.75, 3.05) is 7.11 Å². The molecule has 0 saturated carbocycles. The van der Waals surface area contributed by atoms with E-state index in [0.717, 1.165) is 31.6 Å². The largest absolute Gasteiger partial charge is 0.382 e. The quantitative estimate of drug-likeness (QED) is 0.765. The number of ether oxygens (including phenoxy) is 1. The molecule has 2 unspecified atom stereocenters. The van der Waals surface area contributed by atoms with E-state index in [1.54, 1.807) is 13.4 Å². The summed E-state index contributed by atoms with van der Waals surface area (Å²) in [6.45, 7) is 7.31. The predicted octanol–water partition coefficient (Wildman–Crippen LogP) is 1.62. The molecule has 1 rings (SSSR count). The fraction of sp³-hybridized carbons (Fsp3) is 0.846. The van der Waals surface area contributed by atoms with Gasteiger partial charge in [-0.25, -0.2) is 9.67 Å². The van der Waals surface area contributed by atoms with Crippen LogP contribution in [0.5, 0.6) is 0 Å². The second kappa shape index (κ2) is 7.48. The van der Waals surface area contributed by atoms with Crippen LogP contribution in [-0.4, -0.2) is 34.0 Å². The molecule has 5 nitrogen and oxygen atoms in total. The van der Waals surface area contributed by atoms with Crippen molar-refractivity contribution in [1.29, 1.82) is 0 Å². The van der Waals surface area contributed by atoms with Crippen LogP contribution >= 0.6 is 0 Å². The lowest BCUT2D eigenvalue weighted by Gasteiger charge is -2.15. The summed E-state index contributed by atoms with van der Waals surface area (Å²) in [4.78, 5) is 4.30. The average Bonchev–Trinajstić information content (AvgIpc) is 2.72. The normalized spacial score (nSPS) is 15.0. The molecule has 18 heavy (non-hydrogen) atoms. The van der Waals surface area contributed by atoms with Crippen LogP contribution in [0.1, 0.15) is 39.4 Å². The molecule has 1 heterocycles.